The van der Waals surface area contributed by atoms with Crippen molar-refractivity contribution in [2.24, 2.45) is 5.92 Å². The van der Waals surface area contributed by atoms with Crippen LogP contribution in [-0.4, -0.2) is 12.4 Å². The van der Waals surface area contributed by atoms with Crippen molar-refractivity contribution >= 4 is 5.78 Å². The number of carbonyl (C=O) groups is 1. The minimum atomic E-state index is 0.188. The van der Waals surface area contributed by atoms with Crippen LogP contribution in [0.5, 0.6) is 0 Å². The summed E-state index contributed by atoms with van der Waals surface area (Å²) >= 11 is 0. The van der Waals surface area contributed by atoms with Crippen LogP contribution in [0.1, 0.15) is 58.8 Å². The lowest BCUT2D eigenvalue weighted by atomic mass is 10.0. The van der Waals surface area contributed by atoms with Gasteiger partial charge in [0.2, 0.25) is 0 Å². The average Bonchev–Trinajstić information content (AvgIpc) is 2.25. The fraction of sp³-hybridized carbons (Fsp3) is 0.786. The first-order valence-electron chi connectivity index (χ1n) is 6.56. The van der Waals surface area contributed by atoms with Gasteiger partial charge in [0.15, 0.2) is 11.5 Å². The highest BCUT2D eigenvalue weighted by molar-refractivity contribution is 5.94. The Morgan fingerprint density at radius 2 is 2.12 bits per heavy atom. The first-order chi connectivity index (χ1) is 7.70. The van der Waals surface area contributed by atoms with Crippen molar-refractivity contribution in [3.63, 3.8) is 0 Å². The maximum atomic E-state index is 11.4. The van der Waals surface area contributed by atoms with Crippen LogP contribution in [0.3, 0.4) is 0 Å². The number of ketones is 1. The van der Waals surface area contributed by atoms with Gasteiger partial charge in [-0.25, -0.2) is 0 Å². The van der Waals surface area contributed by atoms with Crippen molar-refractivity contribution in [3.8, 4) is 0 Å². The summed E-state index contributed by atoms with van der Waals surface area (Å²) in [5.41, 5.74) is 0. The molecule has 0 spiro atoms. The molecule has 0 unspecified atom stereocenters. The molecule has 1 rings (SSSR count). The minimum Gasteiger partial charge on any atom is -0.490 e. The Hall–Kier alpha value is -0.790. The second-order valence-electron chi connectivity index (χ2n) is 4.98. The molecule has 0 fully saturated rings. The summed E-state index contributed by atoms with van der Waals surface area (Å²) in [6, 6.07) is 0. The monoisotopic (exact) mass is 224 g/mol. The lowest BCUT2D eigenvalue weighted by Crippen LogP contribution is -2.10. The lowest BCUT2D eigenvalue weighted by molar-refractivity contribution is -0.119. The molecule has 2 nitrogen and oxygen atoms in total. The fourth-order valence-electron chi connectivity index (χ4n) is 1.89. The van der Waals surface area contributed by atoms with Crippen molar-refractivity contribution in [1.82, 2.24) is 0 Å². The predicted molar refractivity (Wildman–Crippen MR) is 66.2 cm³/mol. The summed E-state index contributed by atoms with van der Waals surface area (Å²) in [4.78, 5) is 11.4. The van der Waals surface area contributed by atoms with Crippen molar-refractivity contribution in [3.05, 3.63) is 11.8 Å². The third-order valence-electron chi connectivity index (χ3n) is 2.90. The number of ether oxygens (including phenoxy) is 1. The highest BCUT2D eigenvalue weighted by atomic mass is 16.5. The van der Waals surface area contributed by atoms with Crippen LogP contribution in [0.4, 0.5) is 0 Å². The molecule has 0 radical (unpaired) electrons. The van der Waals surface area contributed by atoms with Gasteiger partial charge in [0.25, 0.3) is 0 Å². The summed E-state index contributed by atoms with van der Waals surface area (Å²) < 4.78 is 5.51. The SMILES string of the molecule is CC(C)CCCCCOC1=CCCCC1=O. The third kappa shape index (κ3) is 5.34. The molecule has 0 bridgehead atoms. The molecule has 2 heteroatoms. The Morgan fingerprint density at radius 3 is 2.81 bits per heavy atom. The molecule has 0 aromatic heterocycles. The van der Waals surface area contributed by atoms with Gasteiger partial charge in [0.1, 0.15) is 0 Å². The molecule has 0 amide bonds. The number of rotatable bonds is 7. The Kier molecular flexibility index (Phi) is 6.20. The van der Waals surface area contributed by atoms with E-state index in [1.807, 2.05) is 6.08 Å². The van der Waals surface area contributed by atoms with Gasteiger partial charge < -0.3 is 4.74 Å². The Bertz CT molecular complexity index is 241. The Labute approximate surface area is 99.1 Å². The van der Waals surface area contributed by atoms with E-state index in [0.29, 0.717) is 18.8 Å². The van der Waals surface area contributed by atoms with Crippen molar-refractivity contribution in [2.75, 3.05) is 6.61 Å². The predicted octanol–water partition coefficient (Wildman–Crippen LogP) is 3.86. The van der Waals surface area contributed by atoms with E-state index in [1.165, 1.54) is 19.3 Å². The maximum absolute atomic E-state index is 11.4. The van der Waals surface area contributed by atoms with E-state index in [9.17, 15) is 4.79 Å². The number of hydrogen-bond acceptors (Lipinski definition) is 2. The van der Waals surface area contributed by atoms with E-state index >= 15 is 0 Å². The summed E-state index contributed by atoms with van der Waals surface area (Å²) in [7, 11) is 0. The van der Waals surface area contributed by atoms with Crippen LogP contribution in [-0.2, 0) is 9.53 Å². The summed E-state index contributed by atoms with van der Waals surface area (Å²) in [5, 5.41) is 0. The van der Waals surface area contributed by atoms with Crippen LogP contribution in [0.25, 0.3) is 0 Å². The zero-order chi connectivity index (χ0) is 11.8. The quantitative estimate of drug-likeness (QED) is 0.614. The van der Waals surface area contributed by atoms with Gasteiger partial charge in [-0.2, -0.15) is 0 Å². The molecule has 1 aliphatic rings. The topological polar surface area (TPSA) is 26.3 Å². The summed E-state index contributed by atoms with van der Waals surface area (Å²) in [6.45, 7) is 5.21. The van der Waals surface area contributed by atoms with Crippen molar-refractivity contribution in [2.45, 2.75) is 58.8 Å². The molecular formula is C14H24O2. The lowest BCUT2D eigenvalue weighted by Gasteiger charge is -2.13. The largest absolute Gasteiger partial charge is 0.490 e. The fourth-order valence-corrected chi connectivity index (χ4v) is 1.89. The smallest absolute Gasteiger partial charge is 0.197 e. The zero-order valence-corrected chi connectivity index (χ0v) is 10.6. The summed E-state index contributed by atoms with van der Waals surface area (Å²) in [5.74, 6) is 1.60. The first-order valence-corrected chi connectivity index (χ1v) is 6.56. The number of unbranched alkanes of at least 4 members (excludes halogenated alkanes) is 2. The molecule has 0 saturated heterocycles. The molecule has 0 atom stereocenters. The van der Waals surface area contributed by atoms with Gasteiger partial charge in [0.05, 0.1) is 6.61 Å². The standard InChI is InChI=1S/C14H24O2/c1-12(2)8-4-3-7-11-16-14-10-6-5-9-13(14)15/h10,12H,3-9,11H2,1-2H3. The number of carbonyl (C=O) groups excluding carboxylic acids is 1. The molecular weight excluding hydrogens is 200 g/mol. The second-order valence-corrected chi connectivity index (χ2v) is 4.98. The van der Waals surface area contributed by atoms with Crippen LogP contribution in [0.2, 0.25) is 0 Å². The van der Waals surface area contributed by atoms with Gasteiger partial charge in [0, 0.05) is 6.42 Å². The highest BCUT2D eigenvalue weighted by Gasteiger charge is 2.14. The van der Waals surface area contributed by atoms with Gasteiger partial charge in [-0.3, -0.25) is 4.79 Å². The second kappa shape index (κ2) is 7.48. The zero-order valence-electron chi connectivity index (χ0n) is 10.6. The Balaban J connectivity index is 2.02. The Morgan fingerprint density at radius 1 is 1.31 bits per heavy atom. The van der Waals surface area contributed by atoms with E-state index in [4.69, 9.17) is 4.74 Å². The van der Waals surface area contributed by atoms with Gasteiger partial charge in [-0.1, -0.05) is 33.1 Å². The molecule has 1 aliphatic carbocycles. The molecule has 0 N–H and O–H groups in total. The third-order valence-corrected chi connectivity index (χ3v) is 2.90. The van der Waals surface area contributed by atoms with E-state index < -0.39 is 0 Å². The average molecular weight is 224 g/mol. The molecule has 0 saturated carbocycles. The van der Waals surface area contributed by atoms with E-state index in [1.54, 1.807) is 0 Å². The van der Waals surface area contributed by atoms with Crippen LogP contribution in [0, 0.1) is 5.92 Å². The van der Waals surface area contributed by atoms with Crippen molar-refractivity contribution < 1.29 is 9.53 Å². The van der Waals surface area contributed by atoms with Crippen LogP contribution in [0.15, 0.2) is 11.8 Å². The normalized spacial score (nSPS) is 16.4. The molecule has 0 aromatic carbocycles. The van der Waals surface area contributed by atoms with E-state index in [2.05, 4.69) is 13.8 Å². The minimum absolute atomic E-state index is 0.188. The van der Waals surface area contributed by atoms with Crippen molar-refractivity contribution in [1.29, 1.82) is 0 Å². The van der Waals surface area contributed by atoms with Gasteiger partial charge >= 0.3 is 0 Å². The van der Waals surface area contributed by atoms with Gasteiger partial charge in [-0.15, -0.1) is 0 Å². The number of Topliss-reactive ketones (excluding diaryl/α,β-unsaturated/α-hetero) is 1. The number of hydrogen-bond donors (Lipinski definition) is 0. The molecule has 0 heterocycles. The maximum Gasteiger partial charge on any atom is 0.197 e. The van der Waals surface area contributed by atoms with Gasteiger partial charge in [-0.05, 0) is 31.3 Å². The molecule has 16 heavy (non-hydrogen) atoms. The van der Waals surface area contributed by atoms with Crippen LogP contribution >= 0.6 is 0 Å². The highest BCUT2D eigenvalue weighted by Crippen LogP contribution is 2.15. The van der Waals surface area contributed by atoms with E-state index in [-0.39, 0.29) is 5.78 Å². The summed E-state index contributed by atoms with van der Waals surface area (Å²) in [6.07, 6.45) is 9.43. The van der Waals surface area contributed by atoms with E-state index in [0.717, 1.165) is 25.2 Å². The molecule has 92 valence electrons. The molecule has 0 aromatic rings. The molecule has 0 aliphatic heterocycles. The first kappa shape index (κ1) is 13.3. The number of allylic oxidation sites excluding steroid dienone is 2. The van der Waals surface area contributed by atoms with Crippen LogP contribution < -0.4 is 0 Å².